The molecule has 1 aliphatic carbocycles. The molecule has 21 heavy (non-hydrogen) atoms. The Bertz CT molecular complexity index is 674. The Labute approximate surface area is 127 Å². The van der Waals surface area contributed by atoms with Crippen molar-refractivity contribution in [2.45, 2.75) is 43.0 Å². The minimum Gasteiger partial charge on any atom is -0.268 e. The molecule has 114 valence electrons. The number of nitrogens with zero attached hydrogens (tertiary/aromatic N) is 4. The average Bonchev–Trinajstić information content (AvgIpc) is 3.20. The summed E-state index contributed by atoms with van der Waals surface area (Å²) in [6.45, 7) is 0.312. The van der Waals surface area contributed by atoms with Crippen molar-refractivity contribution < 1.29 is 8.42 Å². The molecule has 1 aliphatic rings. The van der Waals surface area contributed by atoms with Gasteiger partial charge >= 0.3 is 0 Å². The van der Waals surface area contributed by atoms with Crippen LogP contribution in [0.2, 0.25) is 0 Å². The van der Waals surface area contributed by atoms with E-state index < -0.39 is 10.0 Å². The zero-order chi connectivity index (χ0) is 14.7. The molecular weight excluding hydrogens is 310 g/mol. The molecule has 0 amide bonds. The molecule has 0 bridgehead atoms. The van der Waals surface area contributed by atoms with Crippen LogP contribution in [0.1, 0.15) is 36.7 Å². The number of sulfonamides is 1. The molecular formula is C12H17N5O2S2. The van der Waals surface area contributed by atoms with Gasteiger partial charge in [0.05, 0.1) is 12.2 Å². The Hall–Kier alpha value is -1.32. The van der Waals surface area contributed by atoms with Crippen molar-refractivity contribution >= 4 is 21.4 Å². The molecule has 1 fully saturated rings. The molecule has 0 radical (unpaired) electrons. The van der Waals surface area contributed by atoms with Gasteiger partial charge < -0.3 is 0 Å². The van der Waals surface area contributed by atoms with Gasteiger partial charge in [0.2, 0.25) is 10.0 Å². The van der Waals surface area contributed by atoms with E-state index in [1.807, 2.05) is 0 Å². The van der Waals surface area contributed by atoms with Crippen molar-refractivity contribution in [2.24, 2.45) is 0 Å². The van der Waals surface area contributed by atoms with Crippen molar-refractivity contribution in [1.29, 1.82) is 0 Å². The molecule has 1 N–H and O–H groups in total. The quantitative estimate of drug-likeness (QED) is 0.865. The lowest BCUT2D eigenvalue weighted by molar-refractivity contribution is 0.466. The van der Waals surface area contributed by atoms with E-state index in [9.17, 15) is 8.42 Å². The van der Waals surface area contributed by atoms with Crippen LogP contribution >= 0.6 is 11.3 Å². The third-order valence-corrected chi connectivity index (χ3v) is 5.80. The smallest absolute Gasteiger partial charge is 0.243 e. The third-order valence-electron chi connectivity index (χ3n) is 3.62. The number of nitrogens with one attached hydrogen (secondary N) is 1. The predicted molar refractivity (Wildman–Crippen MR) is 78.5 cm³/mol. The Morgan fingerprint density at radius 3 is 2.90 bits per heavy atom. The lowest BCUT2D eigenvalue weighted by Crippen LogP contribution is -2.25. The summed E-state index contributed by atoms with van der Waals surface area (Å²) >= 11 is 1.42. The number of rotatable bonds is 6. The maximum Gasteiger partial charge on any atom is 0.243 e. The van der Waals surface area contributed by atoms with Crippen molar-refractivity contribution in [3.8, 4) is 0 Å². The minimum absolute atomic E-state index is 0.228. The highest BCUT2D eigenvalue weighted by molar-refractivity contribution is 7.89. The molecule has 7 nitrogen and oxygen atoms in total. The highest BCUT2D eigenvalue weighted by atomic mass is 32.2. The highest BCUT2D eigenvalue weighted by Crippen LogP contribution is 2.29. The largest absolute Gasteiger partial charge is 0.268 e. The Morgan fingerprint density at radius 2 is 2.19 bits per heavy atom. The molecule has 0 unspecified atom stereocenters. The molecule has 3 rings (SSSR count). The zero-order valence-electron chi connectivity index (χ0n) is 11.5. The second kappa shape index (κ2) is 6.20. The molecule has 0 aliphatic heterocycles. The van der Waals surface area contributed by atoms with Crippen LogP contribution < -0.4 is 4.72 Å². The van der Waals surface area contributed by atoms with Gasteiger partial charge in [-0.05, 0) is 12.8 Å². The van der Waals surface area contributed by atoms with Crippen molar-refractivity contribution in [3.05, 3.63) is 22.9 Å². The van der Waals surface area contributed by atoms with Gasteiger partial charge in [0.1, 0.15) is 15.4 Å². The standard InChI is InChI=1S/C12H17N5O2S2/c18-21(19,15-6-5-12-16-13-9-20-12)11-7-14-17(8-11)10-3-1-2-4-10/h7-10,15H,1-6H2. The summed E-state index contributed by atoms with van der Waals surface area (Å²) in [6.07, 6.45) is 8.12. The summed E-state index contributed by atoms with van der Waals surface area (Å²) in [4.78, 5) is 0.228. The van der Waals surface area contributed by atoms with Gasteiger partial charge in [0.25, 0.3) is 0 Å². The zero-order valence-corrected chi connectivity index (χ0v) is 13.1. The average molecular weight is 327 g/mol. The van der Waals surface area contributed by atoms with Crippen molar-refractivity contribution in [2.75, 3.05) is 6.54 Å². The number of hydrogen-bond donors (Lipinski definition) is 1. The Kier molecular flexibility index (Phi) is 4.32. The van der Waals surface area contributed by atoms with Crippen LogP contribution in [0.3, 0.4) is 0 Å². The lowest BCUT2D eigenvalue weighted by Gasteiger charge is -2.08. The normalized spacial score (nSPS) is 16.6. The van der Waals surface area contributed by atoms with E-state index in [1.54, 1.807) is 16.4 Å². The first-order valence-electron chi connectivity index (χ1n) is 6.94. The van der Waals surface area contributed by atoms with Crippen LogP contribution in [0.15, 0.2) is 22.8 Å². The summed E-state index contributed by atoms with van der Waals surface area (Å²) in [5.74, 6) is 0. The Balaban J connectivity index is 1.61. The van der Waals surface area contributed by atoms with E-state index in [2.05, 4.69) is 20.0 Å². The maximum absolute atomic E-state index is 12.2. The van der Waals surface area contributed by atoms with E-state index >= 15 is 0 Å². The molecule has 1 saturated carbocycles. The summed E-state index contributed by atoms with van der Waals surface area (Å²) < 4.78 is 28.7. The predicted octanol–water partition coefficient (Wildman–Crippen LogP) is 1.37. The minimum atomic E-state index is -3.50. The van der Waals surface area contributed by atoms with Crippen molar-refractivity contribution in [3.63, 3.8) is 0 Å². The van der Waals surface area contributed by atoms with Gasteiger partial charge in [-0.1, -0.05) is 12.8 Å². The summed E-state index contributed by atoms with van der Waals surface area (Å²) in [5, 5.41) is 12.6. The van der Waals surface area contributed by atoms with Gasteiger partial charge in [-0.3, -0.25) is 4.68 Å². The van der Waals surface area contributed by atoms with E-state index in [-0.39, 0.29) is 4.90 Å². The van der Waals surface area contributed by atoms with Crippen LogP contribution in [-0.4, -0.2) is 34.9 Å². The fourth-order valence-electron chi connectivity index (χ4n) is 2.51. The molecule has 9 heteroatoms. The van der Waals surface area contributed by atoms with Crippen LogP contribution in [-0.2, 0) is 16.4 Å². The molecule has 0 saturated heterocycles. The number of hydrogen-bond acceptors (Lipinski definition) is 6. The van der Waals surface area contributed by atoms with E-state index in [0.717, 1.165) is 17.8 Å². The summed E-state index contributed by atoms with van der Waals surface area (Å²) in [6, 6.07) is 0.343. The molecule has 0 aromatic carbocycles. The molecule has 2 heterocycles. The Morgan fingerprint density at radius 1 is 1.38 bits per heavy atom. The molecule has 2 aromatic rings. The van der Waals surface area contributed by atoms with Gasteiger partial charge in [-0.2, -0.15) is 5.10 Å². The second-order valence-electron chi connectivity index (χ2n) is 5.07. The van der Waals surface area contributed by atoms with Crippen LogP contribution in [0.25, 0.3) is 0 Å². The second-order valence-corrected chi connectivity index (χ2v) is 7.76. The summed E-state index contributed by atoms with van der Waals surface area (Å²) in [7, 11) is -3.50. The summed E-state index contributed by atoms with van der Waals surface area (Å²) in [5.41, 5.74) is 1.63. The van der Waals surface area contributed by atoms with Gasteiger partial charge in [0.15, 0.2) is 0 Å². The monoisotopic (exact) mass is 327 g/mol. The highest BCUT2D eigenvalue weighted by Gasteiger charge is 2.21. The van der Waals surface area contributed by atoms with Crippen LogP contribution in [0.4, 0.5) is 0 Å². The maximum atomic E-state index is 12.2. The van der Waals surface area contributed by atoms with E-state index in [1.165, 1.54) is 30.4 Å². The third kappa shape index (κ3) is 3.47. The van der Waals surface area contributed by atoms with Gasteiger partial charge in [-0.15, -0.1) is 21.5 Å². The lowest BCUT2D eigenvalue weighted by atomic mass is 10.3. The van der Waals surface area contributed by atoms with Crippen LogP contribution in [0.5, 0.6) is 0 Å². The van der Waals surface area contributed by atoms with E-state index in [4.69, 9.17) is 0 Å². The van der Waals surface area contributed by atoms with Crippen molar-refractivity contribution in [1.82, 2.24) is 24.7 Å². The first-order chi connectivity index (χ1) is 10.1. The first kappa shape index (κ1) is 14.6. The van der Waals surface area contributed by atoms with Gasteiger partial charge in [-0.25, -0.2) is 13.1 Å². The van der Waals surface area contributed by atoms with E-state index in [0.29, 0.717) is 19.0 Å². The fourth-order valence-corrected chi connectivity index (χ4v) is 4.01. The first-order valence-corrected chi connectivity index (χ1v) is 9.30. The molecule has 0 atom stereocenters. The topological polar surface area (TPSA) is 89.8 Å². The number of aromatic nitrogens is 4. The molecule has 0 spiro atoms. The molecule has 2 aromatic heterocycles. The van der Waals surface area contributed by atoms with Crippen LogP contribution in [0, 0.1) is 0 Å². The van der Waals surface area contributed by atoms with Gasteiger partial charge in [0, 0.05) is 19.2 Å². The fraction of sp³-hybridized carbons (Fsp3) is 0.583. The SMILES string of the molecule is O=S(=O)(NCCc1nncs1)c1cnn(C2CCCC2)c1.